The molecule has 146 valence electrons. The molecule has 3 aromatic rings. The van der Waals surface area contributed by atoms with Crippen LogP contribution in [0.1, 0.15) is 26.5 Å². The average molecular weight is 382 g/mol. The zero-order valence-electron chi connectivity index (χ0n) is 16.3. The lowest BCUT2D eigenvalue weighted by atomic mass is 9.92. The summed E-state index contributed by atoms with van der Waals surface area (Å²) < 4.78 is 20.6. The Hall–Kier alpha value is -3.35. The van der Waals surface area contributed by atoms with Crippen LogP contribution >= 0.6 is 0 Å². The Balaban J connectivity index is 1.91. The van der Waals surface area contributed by atoms with Crippen molar-refractivity contribution in [1.29, 1.82) is 0 Å². The van der Waals surface area contributed by atoms with Crippen molar-refractivity contribution in [2.45, 2.75) is 26.2 Å². The largest absolute Gasteiger partial charge is 0.497 e. The van der Waals surface area contributed by atoms with Crippen molar-refractivity contribution in [3.05, 3.63) is 66.1 Å². The van der Waals surface area contributed by atoms with Gasteiger partial charge < -0.3 is 10.1 Å². The van der Waals surface area contributed by atoms with E-state index >= 15 is 0 Å². The van der Waals surface area contributed by atoms with Gasteiger partial charge in [-0.2, -0.15) is 5.10 Å². The van der Waals surface area contributed by atoms with Crippen LogP contribution < -0.4 is 15.4 Å². The van der Waals surface area contributed by atoms with Gasteiger partial charge in [-0.25, -0.2) is 13.9 Å². The van der Waals surface area contributed by atoms with Gasteiger partial charge in [-0.15, -0.1) is 0 Å². The van der Waals surface area contributed by atoms with Gasteiger partial charge in [0.2, 0.25) is 0 Å². The first kappa shape index (κ1) is 19.4. The maximum absolute atomic E-state index is 13.8. The molecule has 1 aromatic heterocycles. The zero-order valence-corrected chi connectivity index (χ0v) is 16.3. The number of aromatic nitrogens is 2. The third-order valence-corrected chi connectivity index (χ3v) is 4.16. The van der Waals surface area contributed by atoms with Gasteiger partial charge in [-0.3, -0.25) is 5.32 Å². The van der Waals surface area contributed by atoms with Gasteiger partial charge in [0.25, 0.3) is 0 Å². The van der Waals surface area contributed by atoms with E-state index < -0.39 is 11.8 Å². The van der Waals surface area contributed by atoms with E-state index in [9.17, 15) is 9.18 Å². The smallest absolute Gasteiger partial charge is 0.324 e. The number of amides is 2. The van der Waals surface area contributed by atoms with Crippen molar-refractivity contribution in [3.63, 3.8) is 0 Å². The molecule has 2 amide bonds. The Bertz CT molecular complexity index is 975. The fourth-order valence-electron chi connectivity index (χ4n) is 2.59. The predicted molar refractivity (Wildman–Crippen MR) is 108 cm³/mol. The summed E-state index contributed by atoms with van der Waals surface area (Å²) in [6, 6.07) is 14.6. The fraction of sp³-hybridized carbons (Fsp3) is 0.238. The molecule has 0 saturated heterocycles. The molecule has 2 aromatic carbocycles. The predicted octanol–water partition coefficient (Wildman–Crippen LogP) is 4.96. The van der Waals surface area contributed by atoms with Crippen LogP contribution in [-0.4, -0.2) is 22.9 Å². The minimum atomic E-state index is -0.555. The molecule has 0 unspecified atom stereocenters. The highest BCUT2D eigenvalue weighted by Gasteiger charge is 2.21. The minimum absolute atomic E-state index is 0.103. The first-order chi connectivity index (χ1) is 13.3. The van der Waals surface area contributed by atoms with Gasteiger partial charge in [0, 0.05) is 11.5 Å². The molecule has 0 aliphatic heterocycles. The zero-order chi connectivity index (χ0) is 20.3. The van der Waals surface area contributed by atoms with E-state index in [0.29, 0.717) is 5.82 Å². The number of ether oxygens (including phenoxy) is 1. The van der Waals surface area contributed by atoms with E-state index in [-0.39, 0.29) is 11.1 Å². The molecule has 0 radical (unpaired) electrons. The Morgan fingerprint density at radius 1 is 1.07 bits per heavy atom. The molecule has 6 nitrogen and oxygen atoms in total. The molecular weight excluding hydrogens is 359 g/mol. The van der Waals surface area contributed by atoms with E-state index in [2.05, 4.69) is 15.7 Å². The fourth-order valence-corrected chi connectivity index (χ4v) is 2.59. The summed E-state index contributed by atoms with van der Waals surface area (Å²) in [6.45, 7) is 6.12. The molecule has 0 fully saturated rings. The van der Waals surface area contributed by atoms with Crippen LogP contribution in [0.3, 0.4) is 0 Å². The van der Waals surface area contributed by atoms with E-state index in [1.54, 1.807) is 23.9 Å². The Kier molecular flexibility index (Phi) is 5.35. The number of rotatable bonds is 4. The van der Waals surface area contributed by atoms with Crippen molar-refractivity contribution in [1.82, 2.24) is 9.78 Å². The van der Waals surface area contributed by atoms with Crippen molar-refractivity contribution in [2.24, 2.45) is 0 Å². The minimum Gasteiger partial charge on any atom is -0.497 e. The second-order valence-electron chi connectivity index (χ2n) is 7.33. The lowest BCUT2D eigenvalue weighted by Crippen LogP contribution is -2.21. The highest BCUT2D eigenvalue weighted by molar-refractivity contribution is 5.99. The van der Waals surface area contributed by atoms with E-state index in [0.717, 1.165) is 17.1 Å². The van der Waals surface area contributed by atoms with Gasteiger partial charge in [0.1, 0.15) is 17.4 Å². The number of methoxy groups -OCH3 is 1. The Labute approximate surface area is 163 Å². The van der Waals surface area contributed by atoms with Crippen LogP contribution in [0.2, 0.25) is 0 Å². The lowest BCUT2D eigenvalue weighted by molar-refractivity contribution is 0.262. The number of urea groups is 1. The number of benzene rings is 2. The molecule has 0 atom stereocenters. The van der Waals surface area contributed by atoms with Crippen LogP contribution in [0.4, 0.5) is 20.7 Å². The molecule has 1 heterocycles. The van der Waals surface area contributed by atoms with Crippen molar-refractivity contribution in [2.75, 3.05) is 17.7 Å². The highest BCUT2D eigenvalue weighted by atomic mass is 19.1. The number of nitrogens with zero attached hydrogens (tertiary/aromatic N) is 2. The van der Waals surface area contributed by atoms with Gasteiger partial charge in [0.05, 0.1) is 24.2 Å². The van der Waals surface area contributed by atoms with Crippen LogP contribution in [-0.2, 0) is 5.41 Å². The van der Waals surface area contributed by atoms with Crippen molar-refractivity contribution >= 4 is 17.5 Å². The number of nitrogens with one attached hydrogen (secondary N) is 2. The van der Waals surface area contributed by atoms with Crippen LogP contribution in [0, 0.1) is 5.82 Å². The van der Waals surface area contributed by atoms with Crippen LogP contribution in [0.5, 0.6) is 5.75 Å². The van der Waals surface area contributed by atoms with E-state index in [4.69, 9.17) is 4.74 Å². The topological polar surface area (TPSA) is 68.2 Å². The summed E-state index contributed by atoms with van der Waals surface area (Å²) in [5, 5.41) is 9.92. The molecule has 3 rings (SSSR count). The summed E-state index contributed by atoms with van der Waals surface area (Å²) in [5.74, 6) is 0.694. The number of anilines is 2. The van der Waals surface area contributed by atoms with Gasteiger partial charge in [-0.05, 0) is 36.4 Å². The monoisotopic (exact) mass is 382 g/mol. The number of para-hydroxylation sites is 1. The number of hydrogen-bond donors (Lipinski definition) is 2. The second-order valence-corrected chi connectivity index (χ2v) is 7.33. The van der Waals surface area contributed by atoms with Crippen molar-refractivity contribution < 1.29 is 13.9 Å². The van der Waals surface area contributed by atoms with Gasteiger partial charge >= 0.3 is 6.03 Å². The molecule has 0 aliphatic carbocycles. The third kappa shape index (κ3) is 4.31. The third-order valence-electron chi connectivity index (χ3n) is 4.16. The number of halogens is 1. The van der Waals surface area contributed by atoms with Crippen LogP contribution in [0.25, 0.3) is 5.69 Å². The molecule has 7 heteroatoms. The molecule has 0 aliphatic rings. The van der Waals surface area contributed by atoms with Crippen LogP contribution in [0.15, 0.2) is 54.6 Å². The van der Waals surface area contributed by atoms with Crippen molar-refractivity contribution in [3.8, 4) is 11.4 Å². The highest BCUT2D eigenvalue weighted by Crippen LogP contribution is 2.27. The summed E-state index contributed by atoms with van der Waals surface area (Å²) in [5.41, 5.74) is 1.46. The normalized spacial score (nSPS) is 11.2. The maximum Gasteiger partial charge on any atom is 0.324 e. The molecular formula is C21H23FN4O2. The summed E-state index contributed by atoms with van der Waals surface area (Å²) in [4.78, 5) is 12.4. The quantitative estimate of drug-likeness (QED) is 0.670. The first-order valence-corrected chi connectivity index (χ1v) is 8.85. The second kappa shape index (κ2) is 7.72. The Morgan fingerprint density at radius 2 is 1.75 bits per heavy atom. The first-order valence-electron chi connectivity index (χ1n) is 8.85. The van der Waals surface area contributed by atoms with Gasteiger partial charge in [0.15, 0.2) is 0 Å². The summed E-state index contributed by atoms with van der Waals surface area (Å²) in [6.07, 6.45) is 0. The number of carbonyl (C=O) groups is 1. The molecule has 0 bridgehead atoms. The molecule has 2 N–H and O–H groups in total. The summed E-state index contributed by atoms with van der Waals surface area (Å²) in [7, 11) is 1.60. The maximum atomic E-state index is 13.8. The number of hydrogen-bond acceptors (Lipinski definition) is 3. The average Bonchev–Trinajstić information content (AvgIpc) is 3.08. The van der Waals surface area contributed by atoms with E-state index in [1.165, 1.54) is 12.1 Å². The lowest BCUT2D eigenvalue weighted by Gasteiger charge is -2.14. The Morgan fingerprint density at radius 3 is 2.36 bits per heavy atom. The molecule has 0 saturated carbocycles. The molecule has 0 spiro atoms. The van der Waals surface area contributed by atoms with E-state index in [1.807, 2.05) is 51.1 Å². The standard InChI is InChI=1S/C21H23FN4O2/c1-21(2,3)18-13-19(24-20(27)23-17-8-6-5-7-16(17)22)26(25-18)14-9-11-15(28-4)12-10-14/h5-13H,1-4H3,(H2,23,24,27). The van der Waals surface area contributed by atoms with Gasteiger partial charge in [-0.1, -0.05) is 32.9 Å². The summed E-state index contributed by atoms with van der Waals surface area (Å²) >= 11 is 0. The molecule has 28 heavy (non-hydrogen) atoms. The number of carbonyl (C=O) groups excluding carboxylic acids is 1. The SMILES string of the molecule is COc1ccc(-n2nc(C(C)(C)C)cc2NC(=O)Nc2ccccc2F)cc1.